The molecule has 2 aliphatic rings. The third kappa shape index (κ3) is 3.64. The maximum absolute atomic E-state index is 13.0. The largest absolute Gasteiger partial charge is 0.378 e. The molecule has 23 heavy (non-hydrogen) atoms. The van der Waals surface area contributed by atoms with E-state index in [0.29, 0.717) is 19.3 Å². The molecular formula is C17H26N4O2. The number of ether oxygens (including phenoxy) is 1. The molecule has 1 amide bonds. The monoisotopic (exact) mass is 318 g/mol. The molecule has 0 N–H and O–H groups in total. The lowest BCUT2D eigenvalue weighted by Crippen LogP contribution is -2.45. The first-order valence-corrected chi connectivity index (χ1v) is 8.40. The summed E-state index contributed by atoms with van der Waals surface area (Å²) in [4.78, 5) is 23.8. The molecule has 3 heterocycles. The molecule has 6 nitrogen and oxygen atoms in total. The molecule has 0 spiro atoms. The van der Waals surface area contributed by atoms with Gasteiger partial charge in [-0.15, -0.1) is 0 Å². The van der Waals surface area contributed by atoms with Crippen LogP contribution in [-0.2, 0) is 4.74 Å². The van der Waals surface area contributed by atoms with Crippen LogP contribution in [0.4, 0.5) is 5.82 Å². The molecule has 1 aromatic heterocycles. The number of amides is 1. The van der Waals surface area contributed by atoms with E-state index in [1.807, 2.05) is 17.0 Å². The molecule has 0 aromatic carbocycles. The molecule has 2 fully saturated rings. The van der Waals surface area contributed by atoms with E-state index in [0.717, 1.165) is 50.4 Å². The summed E-state index contributed by atoms with van der Waals surface area (Å²) < 4.78 is 5.40. The van der Waals surface area contributed by atoms with Gasteiger partial charge in [-0.05, 0) is 39.1 Å². The minimum Gasteiger partial charge on any atom is -0.378 e. The van der Waals surface area contributed by atoms with Gasteiger partial charge in [0.1, 0.15) is 5.82 Å². The van der Waals surface area contributed by atoms with Crippen molar-refractivity contribution in [2.24, 2.45) is 0 Å². The predicted molar refractivity (Wildman–Crippen MR) is 89.9 cm³/mol. The fraction of sp³-hybridized carbons (Fsp3) is 0.647. The van der Waals surface area contributed by atoms with Gasteiger partial charge in [-0.1, -0.05) is 0 Å². The van der Waals surface area contributed by atoms with Gasteiger partial charge < -0.3 is 19.4 Å². The molecule has 0 radical (unpaired) electrons. The summed E-state index contributed by atoms with van der Waals surface area (Å²) in [6.07, 6.45) is 3.83. The summed E-state index contributed by atoms with van der Waals surface area (Å²) in [5, 5.41) is 0. The number of piperidine rings is 1. The molecule has 1 aromatic rings. The number of aromatic nitrogens is 1. The van der Waals surface area contributed by atoms with Crippen LogP contribution in [0.1, 0.15) is 23.2 Å². The quantitative estimate of drug-likeness (QED) is 0.835. The van der Waals surface area contributed by atoms with Crippen molar-refractivity contribution >= 4 is 11.7 Å². The van der Waals surface area contributed by atoms with Gasteiger partial charge in [-0.3, -0.25) is 4.79 Å². The minimum absolute atomic E-state index is 0.108. The van der Waals surface area contributed by atoms with Gasteiger partial charge in [-0.25, -0.2) is 4.98 Å². The third-order valence-corrected chi connectivity index (χ3v) is 4.81. The van der Waals surface area contributed by atoms with Crippen molar-refractivity contribution in [2.45, 2.75) is 18.9 Å². The molecule has 2 saturated heterocycles. The van der Waals surface area contributed by atoms with Crippen LogP contribution in [0, 0.1) is 0 Å². The number of carbonyl (C=O) groups is 1. The first-order valence-electron chi connectivity index (χ1n) is 8.40. The van der Waals surface area contributed by atoms with E-state index in [-0.39, 0.29) is 5.91 Å². The van der Waals surface area contributed by atoms with Crippen molar-refractivity contribution in [1.29, 1.82) is 0 Å². The average molecular weight is 318 g/mol. The van der Waals surface area contributed by atoms with E-state index < -0.39 is 0 Å². The standard InChI is InChI=1S/C17H26N4O2/c1-19(2)14-5-8-21(9-6-14)17(22)15-4-3-7-18-16(15)20-10-12-23-13-11-20/h3-4,7,14H,5-6,8-13H2,1-2H3. The van der Waals surface area contributed by atoms with Crippen molar-refractivity contribution < 1.29 is 9.53 Å². The fourth-order valence-corrected chi connectivity index (χ4v) is 3.35. The van der Waals surface area contributed by atoms with Crippen molar-refractivity contribution in [3.05, 3.63) is 23.9 Å². The number of hydrogen-bond donors (Lipinski definition) is 0. The van der Waals surface area contributed by atoms with E-state index in [1.54, 1.807) is 6.20 Å². The summed E-state index contributed by atoms with van der Waals surface area (Å²) in [6.45, 7) is 4.61. The van der Waals surface area contributed by atoms with Crippen LogP contribution in [-0.4, -0.2) is 80.2 Å². The number of pyridine rings is 1. The third-order valence-electron chi connectivity index (χ3n) is 4.81. The number of carbonyl (C=O) groups excluding carboxylic acids is 1. The summed E-state index contributed by atoms with van der Waals surface area (Å²) in [7, 11) is 4.22. The molecule has 126 valence electrons. The van der Waals surface area contributed by atoms with Crippen molar-refractivity contribution in [3.8, 4) is 0 Å². The number of likely N-dealkylation sites (tertiary alicyclic amines) is 1. The summed E-state index contributed by atoms with van der Waals surface area (Å²) >= 11 is 0. The summed E-state index contributed by atoms with van der Waals surface area (Å²) in [5.74, 6) is 0.910. The highest BCUT2D eigenvalue weighted by Gasteiger charge is 2.27. The van der Waals surface area contributed by atoms with Crippen LogP contribution in [0.2, 0.25) is 0 Å². The second kappa shape index (κ2) is 7.27. The van der Waals surface area contributed by atoms with Gasteiger partial charge in [-0.2, -0.15) is 0 Å². The zero-order valence-electron chi connectivity index (χ0n) is 14.1. The predicted octanol–water partition coefficient (Wildman–Crippen LogP) is 1.08. The van der Waals surface area contributed by atoms with Gasteiger partial charge in [0, 0.05) is 38.4 Å². The Morgan fingerprint density at radius 1 is 1.22 bits per heavy atom. The highest BCUT2D eigenvalue weighted by molar-refractivity contribution is 5.99. The Kier molecular flexibility index (Phi) is 5.13. The lowest BCUT2D eigenvalue weighted by atomic mass is 10.0. The number of anilines is 1. The van der Waals surface area contributed by atoms with Gasteiger partial charge in [0.2, 0.25) is 0 Å². The molecule has 0 unspecified atom stereocenters. The van der Waals surface area contributed by atoms with Crippen molar-refractivity contribution in [3.63, 3.8) is 0 Å². The molecular weight excluding hydrogens is 292 g/mol. The lowest BCUT2D eigenvalue weighted by molar-refractivity contribution is 0.0662. The summed E-state index contributed by atoms with van der Waals surface area (Å²) in [5.41, 5.74) is 0.720. The number of morpholine rings is 1. The molecule has 0 saturated carbocycles. The van der Waals surface area contributed by atoms with Gasteiger partial charge in [0.05, 0.1) is 18.8 Å². The van der Waals surface area contributed by atoms with E-state index in [2.05, 4.69) is 28.9 Å². The van der Waals surface area contributed by atoms with E-state index in [1.165, 1.54) is 0 Å². The zero-order valence-corrected chi connectivity index (χ0v) is 14.1. The normalized spacial score (nSPS) is 20.1. The second-order valence-electron chi connectivity index (χ2n) is 6.46. The van der Waals surface area contributed by atoms with E-state index in [9.17, 15) is 4.79 Å². The van der Waals surface area contributed by atoms with Crippen LogP contribution in [0.25, 0.3) is 0 Å². The molecule has 3 rings (SSSR count). The number of rotatable bonds is 3. The Labute approximate surface area is 138 Å². The molecule has 0 bridgehead atoms. The average Bonchev–Trinajstić information content (AvgIpc) is 2.62. The summed E-state index contributed by atoms with van der Waals surface area (Å²) in [6, 6.07) is 4.33. The maximum atomic E-state index is 13.0. The van der Waals surface area contributed by atoms with Crippen LogP contribution < -0.4 is 4.90 Å². The van der Waals surface area contributed by atoms with E-state index in [4.69, 9.17) is 4.74 Å². The van der Waals surface area contributed by atoms with Crippen LogP contribution >= 0.6 is 0 Å². The smallest absolute Gasteiger partial charge is 0.257 e. The molecule has 0 atom stereocenters. The first-order chi connectivity index (χ1) is 11.2. The fourth-order valence-electron chi connectivity index (χ4n) is 3.35. The SMILES string of the molecule is CN(C)C1CCN(C(=O)c2cccnc2N2CCOCC2)CC1. The Balaban J connectivity index is 1.72. The Morgan fingerprint density at radius 2 is 1.91 bits per heavy atom. The number of hydrogen-bond acceptors (Lipinski definition) is 5. The van der Waals surface area contributed by atoms with Crippen molar-refractivity contribution in [1.82, 2.24) is 14.8 Å². The first kappa shape index (κ1) is 16.2. The molecule has 2 aliphatic heterocycles. The zero-order chi connectivity index (χ0) is 16.2. The van der Waals surface area contributed by atoms with E-state index >= 15 is 0 Å². The highest BCUT2D eigenvalue weighted by atomic mass is 16.5. The maximum Gasteiger partial charge on any atom is 0.257 e. The highest BCUT2D eigenvalue weighted by Crippen LogP contribution is 2.23. The van der Waals surface area contributed by atoms with Gasteiger partial charge in [0.15, 0.2) is 0 Å². The topological polar surface area (TPSA) is 48.9 Å². The van der Waals surface area contributed by atoms with Crippen LogP contribution in [0.15, 0.2) is 18.3 Å². The Bertz CT molecular complexity index is 535. The lowest BCUT2D eigenvalue weighted by Gasteiger charge is -2.36. The van der Waals surface area contributed by atoms with Crippen LogP contribution in [0.5, 0.6) is 0 Å². The molecule has 0 aliphatic carbocycles. The van der Waals surface area contributed by atoms with Gasteiger partial charge >= 0.3 is 0 Å². The number of nitrogens with zero attached hydrogens (tertiary/aromatic N) is 4. The Morgan fingerprint density at radius 3 is 2.57 bits per heavy atom. The Hall–Kier alpha value is -1.66. The van der Waals surface area contributed by atoms with Crippen LogP contribution in [0.3, 0.4) is 0 Å². The second-order valence-corrected chi connectivity index (χ2v) is 6.46. The van der Waals surface area contributed by atoms with Gasteiger partial charge in [0.25, 0.3) is 5.91 Å². The molecule has 6 heteroatoms. The minimum atomic E-state index is 0.108. The van der Waals surface area contributed by atoms with Crippen molar-refractivity contribution in [2.75, 3.05) is 58.4 Å².